The van der Waals surface area contributed by atoms with Gasteiger partial charge in [-0.05, 0) is 32.0 Å². The van der Waals surface area contributed by atoms with Crippen LogP contribution in [0.25, 0.3) is 0 Å². The Morgan fingerprint density at radius 3 is 2.52 bits per heavy atom. The standard InChI is InChI=1S/C14H13BrFNO4/c1-7(17)13(8(2)18)12(19)6-21-14(20)10-5-9(15)3-4-11(10)16/h3-5,17,19H,6H2,1-2H3/b13-12-,17-7?. The number of nitrogens with one attached hydrogen (secondary N) is 1. The molecule has 0 amide bonds. The second-order valence-corrected chi connectivity index (χ2v) is 5.12. The second kappa shape index (κ2) is 7.12. The predicted octanol–water partition coefficient (Wildman–Crippen LogP) is 3.19. The minimum absolute atomic E-state index is 0.148. The highest BCUT2D eigenvalue weighted by Crippen LogP contribution is 2.17. The zero-order valence-electron chi connectivity index (χ0n) is 11.4. The topological polar surface area (TPSA) is 87.5 Å². The minimum atomic E-state index is -0.981. The molecule has 0 saturated heterocycles. The first kappa shape index (κ1) is 17.0. The molecule has 0 fully saturated rings. The van der Waals surface area contributed by atoms with Gasteiger partial charge in [-0.1, -0.05) is 15.9 Å². The Balaban J connectivity index is 2.90. The van der Waals surface area contributed by atoms with Gasteiger partial charge < -0.3 is 15.3 Å². The van der Waals surface area contributed by atoms with Gasteiger partial charge in [-0.25, -0.2) is 9.18 Å². The van der Waals surface area contributed by atoms with E-state index < -0.39 is 29.9 Å². The summed E-state index contributed by atoms with van der Waals surface area (Å²) in [5.41, 5.74) is -0.671. The molecule has 112 valence electrons. The van der Waals surface area contributed by atoms with Crippen LogP contribution in [-0.2, 0) is 9.53 Å². The molecule has 0 radical (unpaired) electrons. The van der Waals surface area contributed by atoms with Crippen LogP contribution in [0.3, 0.4) is 0 Å². The SMILES string of the molecule is CC(=N)/C(C(C)=O)=C(/O)COC(=O)c1cc(Br)ccc1F. The number of aliphatic hydroxyl groups excluding tert-OH is 1. The van der Waals surface area contributed by atoms with Crippen molar-refractivity contribution < 1.29 is 23.8 Å². The highest BCUT2D eigenvalue weighted by Gasteiger charge is 2.17. The molecule has 0 aromatic heterocycles. The van der Waals surface area contributed by atoms with Gasteiger partial charge in [-0.15, -0.1) is 0 Å². The molecule has 1 aromatic rings. The first-order chi connectivity index (χ1) is 9.73. The van der Waals surface area contributed by atoms with E-state index >= 15 is 0 Å². The maximum Gasteiger partial charge on any atom is 0.341 e. The third-order valence-electron chi connectivity index (χ3n) is 2.50. The first-order valence-corrected chi connectivity index (χ1v) is 6.64. The van der Waals surface area contributed by atoms with E-state index in [4.69, 9.17) is 10.1 Å². The summed E-state index contributed by atoms with van der Waals surface area (Å²) in [5.74, 6) is -2.81. The molecule has 0 aliphatic carbocycles. The van der Waals surface area contributed by atoms with E-state index in [0.29, 0.717) is 4.47 Å². The average molecular weight is 358 g/mol. The summed E-state index contributed by atoms with van der Waals surface area (Å²) < 4.78 is 18.7. The number of aliphatic hydroxyl groups is 1. The van der Waals surface area contributed by atoms with Gasteiger partial charge >= 0.3 is 5.97 Å². The fraction of sp³-hybridized carbons (Fsp3) is 0.214. The van der Waals surface area contributed by atoms with Gasteiger partial charge in [0.1, 0.15) is 18.2 Å². The van der Waals surface area contributed by atoms with Crippen molar-refractivity contribution in [3.8, 4) is 0 Å². The van der Waals surface area contributed by atoms with Crippen LogP contribution in [0.1, 0.15) is 24.2 Å². The number of halogens is 2. The lowest BCUT2D eigenvalue weighted by atomic mass is 10.1. The van der Waals surface area contributed by atoms with E-state index in [9.17, 15) is 19.1 Å². The lowest BCUT2D eigenvalue weighted by Crippen LogP contribution is -2.15. The summed E-state index contributed by atoms with van der Waals surface area (Å²) in [6.07, 6.45) is 0. The summed E-state index contributed by atoms with van der Waals surface area (Å²) in [6.45, 7) is 1.89. The van der Waals surface area contributed by atoms with Crippen molar-refractivity contribution in [3.05, 3.63) is 45.4 Å². The molecule has 0 aliphatic rings. The number of hydrogen-bond acceptors (Lipinski definition) is 5. The molecular formula is C14H13BrFNO4. The summed E-state index contributed by atoms with van der Waals surface area (Å²) in [6, 6.07) is 3.76. The number of benzene rings is 1. The van der Waals surface area contributed by atoms with Crippen LogP contribution in [0.5, 0.6) is 0 Å². The summed E-state index contributed by atoms with van der Waals surface area (Å²) in [5, 5.41) is 17.1. The van der Waals surface area contributed by atoms with Crippen LogP contribution >= 0.6 is 15.9 Å². The van der Waals surface area contributed by atoms with E-state index in [1.54, 1.807) is 0 Å². The first-order valence-electron chi connectivity index (χ1n) is 5.84. The van der Waals surface area contributed by atoms with Crippen molar-refractivity contribution in [2.24, 2.45) is 0 Å². The maximum absolute atomic E-state index is 13.5. The molecule has 1 aromatic carbocycles. The molecular weight excluding hydrogens is 345 g/mol. The predicted molar refractivity (Wildman–Crippen MR) is 78.1 cm³/mol. The largest absolute Gasteiger partial charge is 0.508 e. The Hall–Kier alpha value is -2.02. The number of Topliss-reactive ketones (excluding diaryl/α,β-unsaturated/α-hetero) is 1. The van der Waals surface area contributed by atoms with E-state index in [1.807, 2.05) is 0 Å². The molecule has 1 rings (SSSR count). The zero-order valence-corrected chi connectivity index (χ0v) is 13.0. The average Bonchev–Trinajstić information content (AvgIpc) is 2.38. The van der Waals surface area contributed by atoms with Crippen LogP contribution in [-0.4, -0.2) is 29.2 Å². The van der Waals surface area contributed by atoms with E-state index in [0.717, 1.165) is 6.07 Å². The second-order valence-electron chi connectivity index (χ2n) is 4.20. The van der Waals surface area contributed by atoms with Crippen molar-refractivity contribution in [3.63, 3.8) is 0 Å². The number of allylic oxidation sites excluding steroid dienone is 1. The van der Waals surface area contributed by atoms with Crippen molar-refractivity contribution in [2.75, 3.05) is 6.61 Å². The van der Waals surface area contributed by atoms with Gasteiger partial charge in [0.2, 0.25) is 0 Å². The Morgan fingerprint density at radius 1 is 1.38 bits per heavy atom. The molecule has 0 unspecified atom stereocenters. The Labute approximate surface area is 129 Å². The van der Waals surface area contributed by atoms with Crippen molar-refractivity contribution in [1.29, 1.82) is 5.41 Å². The zero-order chi connectivity index (χ0) is 16.2. The van der Waals surface area contributed by atoms with Crippen LogP contribution in [0.2, 0.25) is 0 Å². The van der Waals surface area contributed by atoms with Gasteiger partial charge in [0, 0.05) is 10.2 Å². The van der Waals surface area contributed by atoms with E-state index in [1.165, 1.54) is 26.0 Å². The molecule has 0 bridgehead atoms. The number of carbonyl (C=O) groups excluding carboxylic acids is 2. The normalized spacial score (nSPS) is 11.6. The number of ketones is 1. The van der Waals surface area contributed by atoms with E-state index in [2.05, 4.69) is 15.9 Å². The Morgan fingerprint density at radius 2 is 2.00 bits per heavy atom. The number of hydrogen-bond donors (Lipinski definition) is 2. The van der Waals surface area contributed by atoms with Crippen molar-refractivity contribution in [2.45, 2.75) is 13.8 Å². The summed E-state index contributed by atoms with van der Waals surface area (Å²) >= 11 is 3.10. The van der Waals surface area contributed by atoms with Gasteiger partial charge in [-0.2, -0.15) is 0 Å². The molecule has 0 saturated carbocycles. The van der Waals surface area contributed by atoms with Crippen LogP contribution in [0, 0.1) is 11.2 Å². The number of carbonyl (C=O) groups is 2. The quantitative estimate of drug-likeness (QED) is 0.366. The highest BCUT2D eigenvalue weighted by molar-refractivity contribution is 9.10. The fourth-order valence-corrected chi connectivity index (χ4v) is 1.98. The minimum Gasteiger partial charge on any atom is -0.508 e. The summed E-state index contributed by atoms with van der Waals surface area (Å²) in [7, 11) is 0. The molecule has 7 heteroatoms. The molecule has 0 heterocycles. The van der Waals surface area contributed by atoms with Gasteiger partial charge in [0.25, 0.3) is 0 Å². The Kier molecular flexibility index (Phi) is 5.78. The smallest absolute Gasteiger partial charge is 0.341 e. The lowest BCUT2D eigenvalue weighted by molar-refractivity contribution is -0.113. The van der Waals surface area contributed by atoms with Crippen LogP contribution in [0.15, 0.2) is 34.0 Å². The van der Waals surface area contributed by atoms with Gasteiger partial charge in [0.05, 0.1) is 11.1 Å². The molecule has 21 heavy (non-hydrogen) atoms. The third kappa shape index (κ3) is 4.49. The third-order valence-corrected chi connectivity index (χ3v) is 3.00. The number of ether oxygens (including phenoxy) is 1. The van der Waals surface area contributed by atoms with Crippen molar-refractivity contribution >= 4 is 33.4 Å². The van der Waals surface area contributed by atoms with Gasteiger partial charge in [-0.3, -0.25) is 4.79 Å². The van der Waals surface area contributed by atoms with Crippen LogP contribution in [0.4, 0.5) is 4.39 Å². The Bertz CT molecular complexity index is 624. The number of esters is 1. The van der Waals surface area contributed by atoms with Gasteiger partial charge in [0.15, 0.2) is 5.78 Å². The fourth-order valence-electron chi connectivity index (χ4n) is 1.62. The highest BCUT2D eigenvalue weighted by atomic mass is 79.9. The molecule has 0 spiro atoms. The monoisotopic (exact) mass is 357 g/mol. The van der Waals surface area contributed by atoms with Crippen molar-refractivity contribution in [1.82, 2.24) is 0 Å². The molecule has 2 N–H and O–H groups in total. The van der Waals surface area contributed by atoms with Crippen LogP contribution < -0.4 is 0 Å². The molecule has 0 aliphatic heterocycles. The lowest BCUT2D eigenvalue weighted by Gasteiger charge is -2.09. The number of rotatable bonds is 5. The maximum atomic E-state index is 13.5. The molecule has 0 atom stereocenters. The van der Waals surface area contributed by atoms with E-state index in [-0.39, 0.29) is 16.8 Å². The summed E-state index contributed by atoms with van der Waals surface area (Å²) in [4.78, 5) is 23.0. The molecule has 5 nitrogen and oxygen atoms in total.